The van der Waals surface area contributed by atoms with Crippen LogP contribution in [0.25, 0.3) is 0 Å². The van der Waals surface area contributed by atoms with E-state index in [1.54, 1.807) is 30.1 Å². The van der Waals surface area contributed by atoms with Gasteiger partial charge in [-0.05, 0) is 54.6 Å². The Labute approximate surface area is 232 Å². The lowest BCUT2D eigenvalue weighted by molar-refractivity contribution is -0.140. The molecule has 1 aromatic heterocycles. The molecule has 0 bridgehead atoms. The Hall–Kier alpha value is -3.21. The van der Waals surface area contributed by atoms with E-state index in [9.17, 15) is 27.2 Å². The van der Waals surface area contributed by atoms with E-state index >= 15 is 0 Å². The van der Waals surface area contributed by atoms with E-state index in [2.05, 4.69) is 10.3 Å². The summed E-state index contributed by atoms with van der Waals surface area (Å²) in [5.41, 5.74) is 0.185. The van der Waals surface area contributed by atoms with E-state index in [-0.39, 0.29) is 42.7 Å². The molecule has 2 amide bonds. The van der Waals surface area contributed by atoms with Gasteiger partial charge in [0.2, 0.25) is 5.91 Å². The van der Waals surface area contributed by atoms with Crippen LogP contribution in [0.4, 0.5) is 23.4 Å². The van der Waals surface area contributed by atoms with Crippen LogP contribution >= 0.6 is 23.2 Å². The molecule has 206 valence electrons. The monoisotopic (exact) mass is 582 g/mol. The van der Waals surface area contributed by atoms with Gasteiger partial charge >= 0.3 is 6.18 Å². The van der Waals surface area contributed by atoms with Crippen LogP contribution in [0.1, 0.15) is 39.9 Å². The number of amides is 2. The number of anilines is 1. The average molecular weight is 583 g/mol. The van der Waals surface area contributed by atoms with E-state index in [0.29, 0.717) is 27.7 Å². The van der Waals surface area contributed by atoms with E-state index in [1.807, 2.05) is 11.0 Å². The molecule has 1 aliphatic rings. The number of alkyl halides is 3. The first kappa shape index (κ1) is 28.8. The maximum atomic E-state index is 14.2. The number of hydrogen-bond acceptors (Lipinski definition) is 4. The fourth-order valence-electron chi connectivity index (χ4n) is 4.76. The molecular formula is C27H24Cl2F4N4O2. The van der Waals surface area contributed by atoms with Crippen molar-refractivity contribution in [3.05, 3.63) is 92.8 Å². The van der Waals surface area contributed by atoms with Crippen LogP contribution < -0.4 is 5.32 Å². The zero-order valence-electron chi connectivity index (χ0n) is 20.9. The second-order valence-corrected chi connectivity index (χ2v) is 10.2. The highest BCUT2D eigenvalue weighted by molar-refractivity contribution is 6.42. The summed E-state index contributed by atoms with van der Waals surface area (Å²) in [6, 6.07) is 10.8. The van der Waals surface area contributed by atoms with E-state index in [4.69, 9.17) is 23.2 Å². The Morgan fingerprint density at radius 2 is 1.82 bits per heavy atom. The second-order valence-electron chi connectivity index (χ2n) is 9.40. The number of pyridine rings is 1. The first-order chi connectivity index (χ1) is 18.3. The van der Waals surface area contributed by atoms with Gasteiger partial charge in [-0.25, -0.2) is 9.37 Å². The van der Waals surface area contributed by atoms with Gasteiger partial charge in [0.1, 0.15) is 11.6 Å². The largest absolute Gasteiger partial charge is 0.419 e. The number of carbonyl (C=O) groups excluding carboxylic acids is 2. The van der Waals surface area contributed by atoms with Gasteiger partial charge in [0.15, 0.2) is 0 Å². The predicted molar refractivity (Wildman–Crippen MR) is 140 cm³/mol. The quantitative estimate of drug-likeness (QED) is 0.349. The minimum atomic E-state index is -4.79. The average Bonchev–Trinajstić information content (AvgIpc) is 3.30. The van der Waals surface area contributed by atoms with Gasteiger partial charge in [-0.3, -0.25) is 14.5 Å². The first-order valence-corrected chi connectivity index (χ1v) is 12.6. The number of likely N-dealkylation sites (tertiary alicyclic amines) is 1. The maximum absolute atomic E-state index is 14.2. The van der Waals surface area contributed by atoms with Crippen molar-refractivity contribution in [3.63, 3.8) is 0 Å². The molecular weight excluding hydrogens is 559 g/mol. The summed E-state index contributed by atoms with van der Waals surface area (Å²) < 4.78 is 53.2. The number of likely N-dealkylation sites (N-methyl/N-ethyl adjacent to an activating group) is 1. The van der Waals surface area contributed by atoms with Crippen molar-refractivity contribution in [2.75, 3.05) is 25.5 Å². The number of aromatic nitrogens is 1. The molecule has 1 aliphatic heterocycles. The minimum Gasteiger partial charge on any atom is -0.336 e. The highest BCUT2D eigenvalue weighted by Gasteiger charge is 2.39. The fraction of sp³-hybridized carbons (Fsp3) is 0.296. The smallest absolute Gasteiger partial charge is 0.336 e. The van der Waals surface area contributed by atoms with Gasteiger partial charge < -0.3 is 10.2 Å². The van der Waals surface area contributed by atoms with Crippen LogP contribution in [0.3, 0.4) is 0 Å². The summed E-state index contributed by atoms with van der Waals surface area (Å²) in [6.07, 6.45) is -3.36. The van der Waals surface area contributed by atoms with Crippen molar-refractivity contribution < 1.29 is 27.2 Å². The summed E-state index contributed by atoms with van der Waals surface area (Å²) in [7, 11) is 1.76. The Balaban J connectivity index is 1.61. The van der Waals surface area contributed by atoms with E-state index in [1.165, 1.54) is 25.3 Å². The zero-order valence-corrected chi connectivity index (χ0v) is 22.4. The van der Waals surface area contributed by atoms with Gasteiger partial charge in [-0.2, -0.15) is 13.2 Å². The van der Waals surface area contributed by atoms with Crippen LogP contribution in [0.5, 0.6) is 0 Å². The van der Waals surface area contributed by atoms with E-state index < -0.39 is 17.6 Å². The Morgan fingerprint density at radius 3 is 2.46 bits per heavy atom. The van der Waals surface area contributed by atoms with Gasteiger partial charge in [-0.15, -0.1) is 0 Å². The number of hydrogen-bond donors (Lipinski definition) is 1. The molecule has 0 spiro atoms. The molecule has 3 aromatic rings. The second kappa shape index (κ2) is 11.5. The molecule has 39 heavy (non-hydrogen) atoms. The SMILES string of the molecule is CC(=O)Nc1cc(C(=O)N2CC(N(C)Cc3ccc(C(F)(F)F)c(F)c3)[C@@H](c3ccc(Cl)c(Cl)c3)C2)ccn1. The summed E-state index contributed by atoms with van der Waals surface area (Å²) in [6.45, 7) is 2.06. The number of halogens is 6. The normalized spacial score (nSPS) is 17.5. The molecule has 0 saturated carbocycles. The van der Waals surface area contributed by atoms with Crippen LogP contribution in [-0.4, -0.2) is 52.8 Å². The zero-order chi connectivity index (χ0) is 28.5. The maximum Gasteiger partial charge on any atom is 0.419 e. The van der Waals surface area contributed by atoms with Gasteiger partial charge in [0.25, 0.3) is 5.91 Å². The molecule has 6 nitrogen and oxygen atoms in total. The third kappa shape index (κ3) is 6.69. The van der Waals surface area contributed by atoms with Crippen molar-refractivity contribution in [2.45, 2.75) is 31.6 Å². The van der Waals surface area contributed by atoms with Crippen LogP contribution in [0.15, 0.2) is 54.7 Å². The number of carbonyl (C=O) groups is 2. The highest BCUT2D eigenvalue weighted by atomic mass is 35.5. The first-order valence-electron chi connectivity index (χ1n) is 11.9. The van der Waals surface area contributed by atoms with Crippen molar-refractivity contribution in [1.29, 1.82) is 0 Å². The molecule has 2 heterocycles. The van der Waals surface area contributed by atoms with Crippen molar-refractivity contribution in [3.8, 4) is 0 Å². The number of nitrogens with zero attached hydrogens (tertiary/aromatic N) is 3. The minimum absolute atomic E-state index is 0.140. The van der Waals surface area contributed by atoms with Crippen molar-refractivity contribution >= 4 is 40.8 Å². The molecule has 1 unspecified atom stereocenters. The van der Waals surface area contributed by atoms with Crippen molar-refractivity contribution in [1.82, 2.24) is 14.8 Å². The van der Waals surface area contributed by atoms with Crippen LogP contribution in [-0.2, 0) is 17.5 Å². The van der Waals surface area contributed by atoms with Crippen LogP contribution in [0, 0.1) is 5.82 Å². The van der Waals surface area contributed by atoms with Gasteiger partial charge in [-0.1, -0.05) is 35.3 Å². The van der Waals surface area contributed by atoms with E-state index in [0.717, 1.165) is 17.7 Å². The highest BCUT2D eigenvalue weighted by Crippen LogP contribution is 2.36. The number of benzene rings is 2. The Bertz CT molecular complexity index is 1400. The molecule has 4 rings (SSSR count). The predicted octanol–water partition coefficient (Wildman–Crippen LogP) is 6.24. The third-order valence-electron chi connectivity index (χ3n) is 6.60. The molecule has 1 fully saturated rings. The summed E-state index contributed by atoms with van der Waals surface area (Å²) in [5.74, 6) is -1.94. The molecule has 1 saturated heterocycles. The van der Waals surface area contributed by atoms with Gasteiger partial charge in [0, 0.05) is 50.3 Å². The Morgan fingerprint density at radius 1 is 1.08 bits per heavy atom. The lowest BCUT2D eigenvalue weighted by atomic mass is 9.93. The lowest BCUT2D eigenvalue weighted by Crippen LogP contribution is -2.38. The molecule has 1 N–H and O–H groups in total. The number of nitrogens with one attached hydrogen (secondary N) is 1. The standard InChI is InChI=1S/C27H24Cl2F4N4O2/c1-15(38)35-25-11-18(7-8-34-25)26(39)37-13-19(17-4-6-21(28)22(29)10-17)24(14-37)36(2)12-16-3-5-20(23(30)9-16)27(31,32)33/h3-11,19,24H,12-14H2,1-2H3,(H,34,35,38)/t19-,24?/m1/s1. The summed E-state index contributed by atoms with van der Waals surface area (Å²) in [5, 5.41) is 3.27. The third-order valence-corrected chi connectivity index (χ3v) is 7.34. The van der Waals surface area contributed by atoms with Gasteiger partial charge in [0.05, 0.1) is 15.6 Å². The Kier molecular flexibility index (Phi) is 8.48. The summed E-state index contributed by atoms with van der Waals surface area (Å²) >= 11 is 12.4. The van der Waals surface area contributed by atoms with Crippen molar-refractivity contribution in [2.24, 2.45) is 0 Å². The van der Waals surface area contributed by atoms with Crippen LogP contribution in [0.2, 0.25) is 10.0 Å². The fourth-order valence-corrected chi connectivity index (χ4v) is 5.06. The molecule has 12 heteroatoms. The molecule has 2 aromatic carbocycles. The summed E-state index contributed by atoms with van der Waals surface area (Å²) in [4.78, 5) is 32.4. The number of rotatable bonds is 6. The molecule has 0 radical (unpaired) electrons. The molecule has 2 atom stereocenters. The molecule has 0 aliphatic carbocycles. The topological polar surface area (TPSA) is 65.5 Å². The lowest BCUT2D eigenvalue weighted by Gasteiger charge is -2.29.